The number of fused-ring (bicyclic) bond motifs is 1. The van der Waals surface area contributed by atoms with E-state index in [-0.39, 0.29) is 12.3 Å². The first kappa shape index (κ1) is 19.5. The predicted octanol–water partition coefficient (Wildman–Crippen LogP) is 3.44. The fourth-order valence-corrected chi connectivity index (χ4v) is 3.68. The molecule has 0 unspecified atom stereocenters. The molecule has 9 heteroatoms. The van der Waals surface area contributed by atoms with Gasteiger partial charge in [0.1, 0.15) is 5.75 Å². The lowest BCUT2D eigenvalue weighted by Crippen LogP contribution is -2.44. The van der Waals surface area contributed by atoms with E-state index in [1.165, 1.54) is 17.4 Å². The van der Waals surface area contributed by atoms with Crippen LogP contribution in [0.25, 0.3) is 21.0 Å². The van der Waals surface area contributed by atoms with Gasteiger partial charge in [0, 0.05) is 0 Å². The van der Waals surface area contributed by atoms with Gasteiger partial charge in [-0.25, -0.2) is 4.98 Å². The topological polar surface area (TPSA) is 105 Å². The van der Waals surface area contributed by atoms with Crippen LogP contribution in [0.1, 0.15) is 10.6 Å². The Kier molecular flexibility index (Phi) is 5.62. The number of nitrogens with one attached hydrogen (secondary N) is 3. The van der Waals surface area contributed by atoms with Gasteiger partial charge in [-0.3, -0.25) is 20.4 Å². The van der Waals surface area contributed by atoms with Crippen molar-refractivity contribution in [3.8, 4) is 16.5 Å². The molecule has 0 aliphatic heterocycles. The molecule has 0 aliphatic carbocycles. The van der Waals surface area contributed by atoms with Crippen molar-refractivity contribution in [1.82, 2.24) is 15.8 Å². The van der Waals surface area contributed by atoms with Gasteiger partial charge in [-0.1, -0.05) is 24.3 Å². The van der Waals surface area contributed by atoms with Crippen molar-refractivity contribution in [2.45, 2.75) is 0 Å². The number of rotatable bonds is 6. The molecule has 0 fully saturated rings. The number of amides is 2. The first-order valence-electron chi connectivity index (χ1n) is 9.06. The third-order valence-electron chi connectivity index (χ3n) is 4.20. The molecule has 152 valence electrons. The molecular weight excluding hydrogens is 404 g/mol. The van der Waals surface area contributed by atoms with Gasteiger partial charge in [-0.2, -0.15) is 0 Å². The zero-order valence-corrected chi connectivity index (χ0v) is 16.8. The Labute approximate surface area is 175 Å². The van der Waals surface area contributed by atoms with Crippen LogP contribution in [0.15, 0.2) is 65.1 Å². The van der Waals surface area contributed by atoms with Crippen molar-refractivity contribution in [3.05, 3.63) is 66.4 Å². The molecule has 0 saturated carbocycles. The Morgan fingerprint density at radius 2 is 1.83 bits per heavy atom. The van der Waals surface area contributed by atoms with E-state index in [0.717, 1.165) is 10.2 Å². The van der Waals surface area contributed by atoms with Crippen LogP contribution in [-0.2, 0) is 4.79 Å². The Morgan fingerprint density at radius 3 is 2.67 bits per heavy atom. The number of carbonyl (C=O) groups is 2. The third-order valence-corrected chi connectivity index (χ3v) is 5.25. The molecule has 8 nitrogen and oxygen atoms in total. The average Bonchev–Trinajstić information content (AvgIpc) is 3.43. The fraction of sp³-hybridized carbons (Fsp3) is 0.0952. The van der Waals surface area contributed by atoms with Crippen LogP contribution in [0.2, 0.25) is 0 Å². The minimum Gasteiger partial charge on any atom is -0.495 e. The number of ether oxygens (including phenoxy) is 1. The quantitative estimate of drug-likeness (QED) is 0.411. The highest BCUT2D eigenvalue weighted by molar-refractivity contribution is 7.21. The van der Waals surface area contributed by atoms with Crippen LogP contribution in [0.5, 0.6) is 5.75 Å². The molecule has 4 aromatic rings. The molecule has 2 amide bonds. The number of carbonyl (C=O) groups excluding carboxylic acids is 2. The minimum absolute atomic E-state index is 0.0459. The number of hydrogen-bond donors (Lipinski definition) is 3. The molecule has 0 aliphatic rings. The molecule has 2 aromatic carbocycles. The summed E-state index contributed by atoms with van der Waals surface area (Å²) < 4.78 is 11.8. The molecule has 4 rings (SSSR count). The van der Waals surface area contributed by atoms with Crippen molar-refractivity contribution < 1.29 is 18.7 Å². The van der Waals surface area contributed by atoms with E-state index >= 15 is 0 Å². The SMILES string of the molecule is COc1ccccc1NCC(=O)NNC(=O)c1ccc(-c2nc3ccccc3s2)o1. The van der Waals surface area contributed by atoms with E-state index in [1.54, 1.807) is 25.3 Å². The first-order chi connectivity index (χ1) is 14.6. The van der Waals surface area contributed by atoms with Crippen LogP contribution in [0, 0.1) is 0 Å². The van der Waals surface area contributed by atoms with Crippen molar-refractivity contribution in [3.63, 3.8) is 0 Å². The third kappa shape index (κ3) is 4.26. The molecule has 0 radical (unpaired) electrons. The van der Waals surface area contributed by atoms with Crippen molar-refractivity contribution >= 4 is 39.1 Å². The normalized spacial score (nSPS) is 10.6. The number of furan rings is 1. The Morgan fingerprint density at radius 1 is 1.03 bits per heavy atom. The minimum atomic E-state index is -0.562. The van der Waals surface area contributed by atoms with E-state index in [1.807, 2.05) is 36.4 Å². The lowest BCUT2D eigenvalue weighted by molar-refractivity contribution is -0.120. The summed E-state index contributed by atoms with van der Waals surface area (Å²) in [4.78, 5) is 28.8. The fourth-order valence-electron chi connectivity index (χ4n) is 2.75. The molecule has 3 N–H and O–H groups in total. The number of para-hydroxylation sites is 3. The molecule has 0 atom stereocenters. The number of anilines is 1. The summed E-state index contributed by atoms with van der Waals surface area (Å²) in [5, 5.41) is 3.63. The number of methoxy groups -OCH3 is 1. The number of thiazole rings is 1. The molecule has 0 bridgehead atoms. The highest BCUT2D eigenvalue weighted by Crippen LogP contribution is 2.31. The van der Waals surface area contributed by atoms with Gasteiger partial charge >= 0.3 is 5.91 Å². The van der Waals surface area contributed by atoms with E-state index in [2.05, 4.69) is 21.2 Å². The highest BCUT2D eigenvalue weighted by Gasteiger charge is 2.15. The number of benzene rings is 2. The zero-order chi connectivity index (χ0) is 20.9. The van der Waals surface area contributed by atoms with Gasteiger partial charge in [-0.15, -0.1) is 11.3 Å². The summed E-state index contributed by atoms with van der Waals surface area (Å²) in [5.41, 5.74) is 6.22. The Bertz CT molecular complexity index is 1170. The van der Waals surface area contributed by atoms with Gasteiger partial charge in [0.15, 0.2) is 16.5 Å². The van der Waals surface area contributed by atoms with Gasteiger partial charge < -0.3 is 14.5 Å². The molecule has 2 heterocycles. The lowest BCUT2D eigenvalue weighted by atomic mass is 10.3. The van der Waals surface area contributed by atoms with Crippen LogP contribution >= 0.6 is 11.3 Å². The summed E-state index contributed by atoms with van der Waals surface area (Å²) in [5.74, 6) is 0.195. The Balaban J connectivity index is 1.32. The lowest BCUT2D eigenvalue weighted by Gasteiger charge is -2.11. The summed E-state index contributed by atoms with van der Waals surface area (Å²) in [6, 6.07) is 18.2. The maximum absolute atomic E-state index is 12.3. The van der Waals surface area contributed by atoms with E-state index in [0.29, 0.717) is 22.2 Å². The Hall–Kier alpha value is -3.85. The number of hydrogen-bond acceptors (Lipinski definition) is 7. The monoisotopic (exact) mass is 422 g/mol. The summed E-state index contributed by atoms with van der Waals surface area (Å²) in [6.07, 6.45) is 0. The van der Waals surface area contributed by atoms with Crippen molar-refractivity contribution in [2.24, 2.45) is 0 Å². The highest BCUT2D eigenvalue weighted by atomic mass is 32.1. The van der Waals surface area contributed by atoms with E-state index in [9.17, 15) is 9.59 Å². The maximum Gasteiger partial charge on any atom is 0.305 e. The first-order valence-corrected chi connectivity index (χ1v) is 9.87. The van der Waals surface area contributed by atoms with Crippen LogP contribution < -0.4 is 20.9 Å². The second-order valence-electron chi connectivity index (χ2n) is 6.21. The largest absolute Gasteiger partial charge is 0.495 e. The van der Waals surface area contributed by atoms with E-state index < -0.39 is 11.8 Å². The molecular formula is C21H18N4O4S. The number of nitrogens with zero attached hydrogens (tertiary/aromatic N) is 1. The molecule has 0 saturated heterocycles. The van der Waals surface area contributed by atoms with Crippen molar-refractivity contribution in [2.75, 3.05) is 19.0 Å². The summed E-state index contributed by atoms with van der Waals surface area (Å²) in [6.45, 7) is -0.0459. The molecule has 30 heavy (non-hydrogen) atoms. The number of aromatic nitrogens is 1. The molecule has 2 aromatic heterocycles. The number of hydrazine groups is 1. The summed E-state index contributed by atoms with van der Waals surface area (Å²) >= 11 is 1.48. The smallest absolute Gasteiger partial charge is 0.305 e. The van der Waals surface area contributed by atoms with Gasteiger partial charge in [0.25, 0.3) is 5.91 Å². The van der Waals surface area contributed by atoms with Crippen molar-refractivity contribution in [1.29, 1.82) is 0 Å². The standard InChI is InChI=1S/C21H18N4O4S/c1-28-15-8-4-2-6-13(15)22-12-19(26)24-25-20(27)16-10-11-17(29-16)21-23-14-7-3-5-9-18(14)30-21/h2-11,22H,12H2,1H3,(H,24,26)(H,25,27). The second-order valence-corrected chi connectivity index (χ2v) is 7.24. The van der Waals surface area contributed by atoms with Crippen LogP contribution in [0.3, 0.4) is 0 Å². The van der Waals surface area contributed by atoms with Crippen LogP contribution in [-0.4, -0.2) is 30.5 Å². The maximum atomic E-state index is 12.3. The van der Waals surface area contributed by atoms with Gasteiger partial charge in [-0.05, 0) is 36.4 Å². The summed E-state index contributed by atoms with van der Waals surface area (Å²) in [7, 11) is 1.55. The zero-order valence-electron chi connectivity index (χ0n) is 16.0. The van der Waals surface area contributed by atoms with Gasteiger partial charge in [0.2, 0.25) is 0 Å². The van der Waals surface area contributed by atoms with Crippen LogP contribution in [0.4, 0.5) is 5.69 Å². The molecule has 0 spiro atoms. The van der Waals surface area contributed by atoms with E-state index in [4.69, 9.17) is 9.15 Å². The average molecular weight is 422 g/mol. The predicted molar refractivity (Wildman–Crippen MR) is 114 cm³/mol. The second kappa shape index (κ2) is 8.66. The van der Waals surface area contributed by atoms with Gasteiger partial charge in [0.05, 0.1) is 29.6 Å².